The lowest BCUT2D eigenvalue weighted by Crippen LogP contribution is -2.36. The van der Waals surface area contributed by atoms with Crippen LogP contribution in [0.4, 0.5) is 5.13 Å². The van der Waals surface area contributed by atoms with Crippen LogP contribution < -0.4 is 16.4 Å². The summed E-state index contributed by atoms with van der Waals surface area (Å²) < 4.78 is 5.69. The largest absolute Gasteiger partial charge is 0.458 e. The van der Waals surface area contributed by atoms with Crippen molar-refractivity contribution in [2.24, 2.45) is 11.1 Å². The number of anilines is 1. The maximum atomic E-state index is 12.5. The van der Waals surface area contributed by atoms with Gasteiger partial charge in [-0.2, -0.15) is 0 Å². The smallest absolute Gasteiger partial charge is 0.226 e. The zero-order chi connectivity index (χ0) is 19.3. The van der Waals surface area contributed by atoms with Gasteiger partial charge in [0.05, 0.1) is 6.54 Å². The number of rotatable bonds is 7. The summed E-state index contributed by atoms with van der Waals surface area (Å²) >= 11 is 1.36. The van der Waals surface area contributed by atoms with E-state index < -0.39 is 0 Å². The molecule has 0 spiro atoms. The van der Waals surface area contributed by atoms with Crippen molar-refractivity contribution in [2.75, 3.05) is 11.9 Å². The number of aromatic nitrogens is 1. The van der Waals surface area contributed by atoms with E-state index in [4.69, 9.17) is 10.2 Å². The van der Waals surface area contributed by atoms with Crippen LogP contribution >= 0.6 is 23.7 Å². The molecule has 1 fully saturated rings. The van der Waals surface area contributed by atoms with Gasteiger partial charge in [-0.05, 0) is 36.9 Å². The number of furan rings is 1. The molecule has 2 aromatic heterocycles. The zero-order valence-electron chi connectivity index (χ0n) is 16.0. The first-order chi connectivity index (χ1) is 13.0. The predicted molar refractivity (Wildman–Crippen MR) is 112 cm³/mol. The summed E-state index contributed by atoms with van der Waals surface area (Å²) in [4.78, 5) is 27.9. The fourth-order valence-electron chi connectivity index (χ4n) is 3.53. The van der Waals surface area contributed by atoms with Gasteiger partial charge < -0.3 is 20.8 Å². The van der Waals surface area contributed by atoms with Crippen molar-refractivity contribution in [2.45, 2.75) is 52.0 Å². The lowest BCUT2D eigenvalue weighted by molar-refractivity contribution is -0.119. The van der Waals surface area contributed by atoms with Crippen LogP contribution in [0.5, 0.6) is 0 Å². The first-order valence-corrected chi connectivity index (χ1v) is 10.2. The normalized spacial score (nSPS) is 15.5. The fraction of sp³-hybridized carbons (Fsp3) is 0.526. The second kappa shape index (κ2) is 10.0. The van der Waals surface area contributed by atoms with Crippen molar-refractivity contribution in [3.63, 3.8) is 0 Å². The Balaban J connectivity index is 0.00000280. The van der Waals surface area contributed by atoms with E-state index in [-0.39, 0.29) is 29.6 Å². The molecule has 1 aliphatic rings. The van der Waals surface area contributed by atoms with Gasteiger partial charge in [-0.25, -0.2) is 4.98 Å². The van der Waals surface area contributed by atoms with Gasteiger partial charge in [0.25, 0.3) is 0 Å². The number of carbonyl (C=O) groups excluding carboxylic acids is 2. The number of carbonyl (C=O) groups is 2. The predicted octanol–water partition coefficient (Wildman–Crippen LogP) is 3.70. The van der Waals surface area contributed by atoms with Crippen LogP contribution in [-0.4, -0.2) is 23.3 Å². The highest BCUT2D eigenvalue weighted by Crippen LogP contribution is 2.38. The van der Waals surface area contributed by atoms with Crippen LogP contribution in [0.1, 0.15) is 51.2 Å². The van der Waals surface area contributed by atoms with Crippen LogP contribution in [0, 0.1) is 5.41 Å². The Hall–Kier alpha value is -1.90. The summed E-state index contributed by atoms with van der Waals surface area (Å²) in [5.41, 5.74) is 6.57. The number of hydrogen-bond donors (Lipinski definition) is 3. The second-order valence-corrected chi connectivity index (χ2v) is 8.06. The van der Waals surface area contributed by atoms with E-state index in [9.17, 15) is 9.59 Å². The van der Waals surface area contributed by atoms with Gasteiger partial charge in [0.15, 0.2) is 10.9 Å². The Labute approximate surface area is 174 Å². The molecule has 0 saturated heterocycles. The van der Waals surface area contributed by atoms with Crippen molar-refractivity contribution >= 4 is 40.7 Å². The van der Waals surface area contributed by atoms with Crippen molar-refractivity contribution < 1.29 is 14.0 Å². The molecular weight excluding hydrogens is 400 g/mol. The molecule has 7 nitrogen and oxygen atoms in total. The summed E-state index contributed by atoms with van der Waals surface area (Å²) in [5.74, 6) is 1.12. The van der Waals surface area contributed by atoms with Crippen LogP contribution in [0.2, 0.25) is 0 Å². The Morgan fingerprint density at radius 1 is 1.29 bits per heavy atom. The molecule has 2 aromatic rings. The molecule has 9 heteroatoms. The van der Waals surface area contributed by atoms with Crippen molar-refractivity contribution in [3.8, 4) is 11.5 Å². The average molecular weight is 427 g/mol. The zero-order valence-corrected chi connectivity index (χ0v) is 17.6. The molecule has 2 heterocycles. The van der Waals surface area contributed by atoms with E-state index in [2.05, 4.69) is 15.6 Å². The van der Waals surface area contributed by atoms with Gasteiger partial charge >= 0.3 is 0 Å². The van der Waals surface area contributed by atoms with Gasteiger partial charge in [0.2, 0.25) is 11.8 Å². The highest BCUT2D eigenvalue weighted by molar-refractivity contribution is 7.14. The second-order valence-electron chi connectivity index (χ2n) is 7.20. The lowest BCUT2D eigenvalue weighted by atomic mass is 9.72. The Morgan fingerprint density at radius 3 is 2.71 bits per heavy atom. The number of thiazole rings is 1. The molecule has 3 rings (SSSR count). The molecule has 0 atom stereocenters. The molecule has 0 unspecified atom stereocenters. The Morgan fingerprint density at radius 2 is 2.04 bits per heavy atom. The average Bonchev–Trinajstić information content (AvgIpc) is 3.30. The van der Waals surface area contributed by atoms with Crippen LogP contribution in [-0.2, 0) is 16.1 Å². The molecule has 4 N–H and O–H groups in total. The van der Waals surface area contributed by atoms with Gasteiger partial charge in [0, 0.05) is 18.7 Å². The van der Waals surface area contributed by atoms with Gasteiger partial charge in [0.1, 0.15) is 11.5 Å². The lowest BCUT2D eigenvalue weighted by Gasteiger charge is -2.35. The number of halogens is 1. The molecule has 0 bridgehead atoms. The number of nitrogens with one attached hydrogen (secondary N) is 2. The SMILES string of the molecule is CC(=O)NCc1ccc(-c2csc(NC(=O)CC3(CN)CCCCC3)n2)o1.Cl. The van der Waals surface area contributed by atoms with E-state index in [1.165, 1.54) is 24.7 Å². The van der Waals surface area contributed by atoms with Crippen molar-refractivity contribution in [1.82, 2.24) is 10.3 Å². The fourth-order valence-corrected chi connectivity index (χ4v) is 4.24. The highest BCUT2D eigenvalue weighted by Gasteiger charge is 2.33. The van der Waals surface area contributed by atoms with E-state index >= 15 is 0 Å². The number of amides is 2. The number of nitrogens with zero attached hydrogens (tertiary/aromatic N) is 1. The Bertz CT molecular complexity index is 799. The third-order valence-electron chi connectivity index (χ3n) is 5.06. The van der Waals surface area contributed by atoms with Gasteiger partial charge in [-0.1, -0.05) is 19.3 Å². The summed E-state index contributed by atoms with van der Waals surface area (Å²) in [7, 11) is 0. The monoisotopic (exact) mass is 426 g/mol. The van der Waals surface area contributed by atoms with E-state index in [1.54, 1.807) is 6.07 Å². The summed E-state index contributed by atoms with van der Waals surface area (Å²) in [6.07, 6.45) is 6.00. The molecule has 0 aliphatic heterocycles. The molecule has 1 aliphatic carbocycles. The molecule has 1 saturated carbocycles. The molecule has 2 amide bonds. The molecule has 28 heavy (non-hydrogen) atoms. The third kappa shape index (κ3) is 5.80. The van der Waals surface area contributed by atoms with Crippen LogP contribution in [0.25, 0.3) is 11.5 Å². The Kier molecular flexibility index (Phi) is 8.03. The van der Waals surface area contributed by atoms with Crippen molar-refractivity contribution in [1.29, 1.82) is 0 Å². The first kappa shape index (κ1) is 22.4. The highest BCUT2D eigenvalue weighted by atomic mass is 35.5. The summed E-state index contributed by atoms with van der Waals surface area (Å²) in [6.45, 7) is 2.35. The van der Waals surface area contributed by atoms with E-state index in [0.29, 0.717) is 41.9 Å². The maximum Gasteiger partial charge on any atom is 0.226 e. The van der Waals surface area contributed by atoms with Gasteiger partial charge in [-0.15, -0.1) is 23.7 Å². The number of hydrogen-bond acceptors (Lipinski definition) is 6. The topological polar surface area (TPSA) is 110 Å². The molecular formula is C19H27ClN4O3S. The summed E-state index contributed by atoms with van der Waals surface area (Å²) in [5, 5.41) is 7.98. The van der Waals surface area contributed by atoms with Crippen LogP contribution in [0.15, 0.2) is 21.9 Å². The van der Waals surface area contributed by atoms with Crippen LogP contribution in [0.3, 0.4) is 0 Å². The van der Waals surface area contributed by atoms with Crippen molar-refractivity contribution in [3.05, 3.63) is 23.3 Å². The summed E-state index contributed by atoms with van der Waals surface area (Å²) in [6, 6.07) is 3.61. The number of nitrogens with two attached hydrogens (primary N) is 1. The minimum atomic E-state index is -0.111. The quantitative estimate of drug-likeness (QED) is 0.625. The van der Waals surface area contributed by atoms with E-state index in [0.717, 1.165) is 25.7 Å². The minimum absolute atomic E-state index is 0. The standard InChI is InChI=1S/C19H26N4O3S.ClH/c1-13(24)21-10-14-5-6-16(26-14)15-11-27-18(22-15)23-17(25)9-19(12-20)7-3-2-4-8-19;/h5-6,11H,2-4,7-10,12,20H2,1H3,(H,21,24)(H,22,23,25);1H. The molecule has 0 aromatic carbocycles. The molecule has 154 valence electrons. The molecule has 0 radical (unpaired) electrons. The minimum Gasteiger partial charge on any atom is -0.458 e. The maximum absolute atomic E-state index is 12.5. The third-order valence-corrected chi connectivity index (χ3v) is 5.82. The van der Waals surface area contributed by atoms with E-state index in [1.807, 2.05) is 11.4 Å². The first-order valence-electron chi connectivity index (χ1n) is 9.29. The van der Waals surface area contributed by atoms with Gasteiger partial charge in [-0.3, -0.25) is 9.59 Å².